The summed E-state index contributed by atoms with van der Waals surface area (Å²) < 4.78 is 0. The highest BCUT2D eigenvalue weighted by Gasteiger charge is 2.27. The number of hydrogen-bond donors (Lipinski definition) is 5. The number of nitrogens with zero attached hydrogens (tertiary/aromatic N) is 3. The standard InChI is InChI=1S/C31H41N7O3/c1-20(2)17-33-29-36-30(34-18-21(3)23-7-5-4-6-8-23)38-31(37-29)35-26-15-13-24(14-16-26)27(39)32-19-22-9-11-25(12-10-22)28(40)41/h4-12,20-21,24,26H,13-19H2,1-3H3,(H,32,39)(H,40,41)(H3,33,34,35,36,37,38). The molecular weight excluding hydrogens is 518 g/mol. The van der Waals surface area contributed by atoms with E-state index in [1.807, 2.05) is 18.2 Å². The number of carbonyl (C=O) groups is 2. The van der Waals surface area contributed by atoms with Crippen molar-refractivity contribution < 1.29 is 14.7 Å². The molecule has 5 N–H and O–H groups in total. The van der Waals surface area contributed by atoms with Crippen LogP contribution in [0.5, 0.6) is 0 Å². The fourth-order valence-corrected chi connectivity index (χ4v) is 4.82. The van der Waals surface area contributed by atoms with Crippen LogP contribution in [0.25, 0.3) is 0 Å². The Kier molecular flexibility index (Phi) is 10.5. The molecule has 0 spiro atoms. The van der Waals surface area contributed by atoms with E-state index in [4.69, 9.17) is 5.11 Å². The zero-order valence-electron chi connectivity index (χ0n) is 24.1. The summed E-state index contributed by atoms with van der Waals surface area (Å²) in [6.45, 7) is 8.28. The molecule has 1 aliphatic rings. The monoisotopic (exact) mass is 559 g/mol. The van der Waals surface area contributed by atoms with Gasteiger partial charge in [-0.2, -0.15) is 15.0 Å². The molecule has 1 fully saturated rings. The maximum absolute atomic E-state index is 12.8. The van der Waals surface area contributed by atoms with Crippen LogP contribution in [0.1, 0.15) is 73.9 Å². The highest BCUT2D eigenvalue weighted by Crippen LogP contribution is 2.27. The molecule has 41 heavy (non-hydrogen) atoms. The van der Waals surface area contributed by atoms with E-state index in [-0.39, 0.29) is 23.4 Å². The van der Waals surface area contributed by atoms with Crippen LogP contribution in [0, 0.1) is 11.8 Å². The third kappa shape index (κ3) is 9.16. The first-order chi connectivity index (χ1) is 19.8. The Morgan fingerprint density at radius 1 is 0.829 bits per heavy atom. The van der Waals surface area contributed by atoms with E-state index in [0.29, 0.717) is 42.8 Å². The number of aromatic carboxylic acids is 1. The lowest BCUT2D eigenvalue weighted by Crippen LogP contribution is -2.36. The first-order valence-corrected chi connectivity index (χ1v) is 14.4. The van der Waals surface area contributed by atoms with Crippen molar-refractivity contribution in [1.82, 2.24) is 20.3 Å². The average Bonchev–Trinajstić information content (AvgIpc) is 2.98. The molecule has 1 saturated carbocycles. The average molecular weight is 560 g/mol. The second kappa shape index (κ2) is 14.4. The van der Waals surface area contributed by atoms with Crippen LogP contribution in [-0.4, -0.2) is 51.1 Å². The van der Waals surface area contributed by atoms with Crippen molar-refractivity contribution in [3.63, 3.8) is 0 Å². The van der Waals surface area contributed by atoms with E-state index >= 15 is 0 Å². The molecule has 1 aliphatic carbocycles. The Hall–Kier alpha value is -4.21. The van der Waals surface area contributed by atoms with E-state index < -0.39 is 5.97 Å². The summed E-state index contributed by atoms with van der Waals surface area (Å²) in [6.07, 6.45) is 3.20. The van der Waals surface area contributed by atoms with Crippen molar-refractivity contribution in [2.24, 2.45) is 11.8 Å². The molecule has 0 aliphatic heterocycles. The predicted octanol–water partition coefficient (Wildman–Crippen LogP) is 5.14. The quantitative estimate of drug-likeness (QED) is 0.192. The lowest BCUT2D eigenvalue weighted by molar-refractivity contribution is -0.126. The van der Waals surface area contributed by atoms with Gasteiger partial charge in [0, 0.05) is 31.6 Å². The van der Waals surface area contributed by atoms with Gasteiger partial charge in [-0.25, -0.2) is 4.79 Å². The van der Waals surface area contributed by atoms with Crippen molar-refractivity contribution in [3.05, 3.63) is 71.3 Å². The van der Waals surface area contributed by atoms with Gasteiger partial charge in [-0.15, -0.1) is 0 Å². The number of carboxylic acids is 1. The molecule has 1 aromatic heterocycles. The molecule has 218 valence electrons. The molecule has 1 unspecified atom stereocenters. The maximum Gasteiger partial charge on any atom is 0.335 e. The van der Waals surface area contributed by atoms with Gasteiger partial charge < -0.3 is 26.4 Å². The lowest BCUT2D eigenvalue weighted by atomic mass is 9.85. The summed E-state index contributed by atoms with van der Waals surface area (Å²) >= 11 is 0. The van der Waals surface area contributed by atoms with Crippen molar-refractivity contribution in [2.75, 3.05) is 29.0 Å². The molecule has 0 radical (unpaired) electrons. The molecule has 4 rings (SSSR count). The third-order valence-corrected chi connectivity index (χ3v) is 7.34. The van der Waals surface area contributed by atoms with Crippen LogP contribution < -0.4 is 21.3 Å². The van der Waals surface area contributed by atoms with Gasteiger partial charge in [0.1, 0.15) is 0 Å². The summed E-state index contributed by atoms with van der Waals surface area (Å²) in [5.74, 6) is 1.35. The number of carboxylic acid groups (broad SMARTS) is 1. The Balaban J connectivity index is 1.30. The minimum atomic E-state index is -0.962. The molecule has 10 heteroatoms. The summed E-state index contributed by atoms with van der Waals surface area (Å²) in [6, 6.07) is 17.1. The molecule has 0 bridgehead atoms. The zero-order valence-corrected chi connectivity index (χ0v) is 24.1. The Morgan fingerprint density at radius 3 is 2.05 bits per heavy atom. The number of benzene rings is 2. The van der Waals surface area contributed by atoms with Crippen molar-refractivity contribution in [3.8, 4) is 0 Å². The summed E-state index contributed by atoms with van der Waals surface area (Å²) in [4.78, 5) is 37.7. The minimum Gasteiger partial charge on any atom is -0.478 e. The Labute approximate surface area is 241 Å². The van der Waals surface area contributed by atoms with Crippen LogP contribution in [0.3, 0.4) is 0 Å². The number of aromatic nitrogens is 3. The first kappa shape index (κ1) is 29.8. The number of anilines is 3. The molecule has 2 aromatic carbocycles. The van der Waals surface area contributed by atoms with Crippen molar-refractivity contribution in [1.29, 1.82) is 0 Å². The molecule has 1 amide bonds. The van der Waals surface area contributed by atoms with Gasteiger partial charge in [-0.1, -0.05) is 63.2 Å². The first-order valence-electron chi connectivity index (χ1n) is 14.4. The van der Waals surface area contributed by atoms with Crippen LogP contribution in [-0.2, 0) is 11.3 Å². The van der Waals surface area contributed by atoms with E-state index in [0.717, 1.165) is 37.8 Å². The fourth-order valence-electron chi connectivity index (χ4n) is 4.82. The molecule has 1 atom stereocenters. The van der Waals surface area contributed by atoms with Gasteiger partial charge in [0.25, 0.3) is 0 Å². The number of nitrogens with one attached hydrogen (secondary N) is 4. The van der Waals surface area contributed by atoms with Gasteiger partial charge in [-0.05, 0) is 60.8 Å². The maximum atomic E-state index is 12.8. The molecule has 1 heterocycles. The van der Waals surface area contributed by atoms with E-state index in [1.54, 1.807) is 24.3 Å². The minimum absolute atomic E-state index is 0.0325. The smallest absolute Gasteiger partial charge is 0.335 e. The Morgan fingerprint density at radius 2 is 1.44 bits per heavy atom. The zero-order chi connectivity index (χ0) is 29.2. The van der Waals surface area contributed by atoms with E-state index in [1.165, 1.54) is 5.56 Å². The third-order valence-electron chi connectivity index (χ3n) is 7.34. The van der Waals surface area contributed by atoms with Gasteiger partial charge in [0.2, 0.25) is 23.8 Å². The van der Waals surface area contributed by atoms with Crippen LogP contribution in [0.4, 0.5) is 17.8 Å². The van der Waals surface area contributed by atoms with Crippen LogP contribution in [0.2, 0.25) is 0 Å². The van der Waals surface area contributed by atoms with Crippen molar-refractivity contribution in [2.45, 2.75) is 65.0 Å². The summed E-state index contributed by atoms with van der Waals surface area (Å²) in [5, 5.41) is 22.2. The highest BCUT2D eigenvalue weighted by atomic mass is 16.4. The number of amides is 1. The molecule has 0 saturated heterocycles. The van der Waals surface area contributed by atoms with Gasteiger partial charge in [0.05, 0.1) is 5.56 Å². The highest BCUT2D eigenvalue weighted by molar-refractivity contribution is 5.87. The van der Waals surface area contributed by atoms with Crippen LogP contribution >= 0.6 is 0 Å². The molecule has 3 aromatic rings. The normalized spacial score (nSPS) is 17.5. The van der Waals surface area contributed by atoms with Crippen molar-refractivity contribution >= 4 is 29.7 Å². The molecular formula is C31H41N7O3. The van der Waals surface area contributed by atoms with E-state index in [2.05, 4.69) is 69.1 Å². The Bertz CT molecular complexity index is 1280. The topological polar surface area (TPSA) is 141 Å². The lowest BCUT2D eigenvalue weighted by Gasteiger charge is -2.28. The number of carbonyl (C=O) groups excluding carboxylic acids is 1. The summed E-state index contributed by atoms with van der Waals surface area (Å²) in [7, 11) is 0. The predicted molar refractivity (Wildman–Crippen MR) is 161 cm³/mol. The molecule has 10 nitrogen and oxygen atoms in total. The number of rotatable bonds is 13. The second-order valence-corrected chi connectivity index (χ2v) is 11.2. The van der Waals surface area contributed by atoms with Gasteiger partial charge >= 0.3 is 5.97 Å². The fraction of sp³-hybridized carbons (Fsp3) is 0.452. The second-order valence-electron chi connectivity index (χ2n) is 11.2. The van der Waals surface area contributed by atoms with Gasteiger partial charge in [0.15, 0.2) is 0 Å². The van der Waals surface area contributed by atoms with Gasteiger partial charge in [-0.3, -0.25) is 4.79 Å². The number of hydrogen-bond acceptors (Lipinski definition) is 8. The SMILES string of the molecule is CC(C)CNc1nc(NCC(C)c2ccccc2)nc(NC2CCC(C(=O)NCc3ccc(C(=O)O)cc3)CC2)n1. The summed E-state index contributed by atoms with van der Waals surface area (Å²) in [5.41, 5.74) is 2.36. The van der Waals surface area contributed by atoms with E-state index in [9.17, 15) is 9.59 Å². The largest absolute Gasteiger partial charge is 0.478 e. The van der Waals surface area contributed by atoms with Crippen LogP contribution in [0.15, 0.2) is 54.6 Å².